The molecule has 2 heterocycles. The summed E-state index contributed by atoms with van der Waals surface area (Å²) >= 11 is 0. The number of hydrogen-bond donors (Lipinski definition) is 2. The van der Waals surface area contributed by atoms with E-state index in [0.29, 0.717) is 17.1 Å². The van der Waals surface area contributed by atoms with Gasteiger partial charge < -0.3 is 19.9 Å². The Bertz CT molecular complexity index is 722. The Labute approximate surface area is 144 Å². The van der Waals surface area contributed by atoms with E-state index in [9.17, 15) is 19.5 Å². The Hall–Kier alpha value is -2.97. The molecule has 0 radical (unpaired) electrons. The molecule has 9 heteroatoms. The van der Waals surface area contributed by atoms with E-state index in [2.05, 4.69) is 5.32 Å². The van der Waals surface area contributed by atoms with Crippen LogP contribution in [-0.2, 0) is 9.53 Å². The first-order valence-electron chi connectivity index (χ1n) is 7.88. The largest absolute Gasteiger partial charge is 0.489 e. The molecule has 1 aromatic rings. The minimum atomic E-state index is -1.05. The number of nitrogens with zero attached hydrogens (tertiary/aromatic N) is 2. The summed E-state index contributed by atoms with van der Waals surface area (Å²) in [6.07, 6.45) is -2.01. The zero-order valence-electron chi connectivity index (χ0n) is 13.9. The van der Waals surface area contributed by atoms with Crippen molar-refractivity contribution in [2.24, 2.45) is 0 Å². The van der Waals surface area contributed by atoms with Crippen LogP contribution in [0.5, 0.6) is 5.75 Å². The molecule has 2 aliphatic heterocycles. The summed E-state index contributed by atoms with van der Waals surface area (Å²) in [5.74, 6) is 0.204. The van der Waals surface area contributed by atoms with Gasteiger partial charge in [0.15, 0.2) is 0 Å². The van der Waals surface area contributed by atoms with Gasteiger partial charge in [0, 0.05) is 13.0 Å². The van der Waals surface area contributed by atoms with Crippen molar-refractivity contribution < 1.29 is 29.0 Å². The van der Waals surface area contributed by atoms with Crippen molar-refractivity contribution in [1.29, 1.82) is 0 Å². The lowest BCUT2D eigenvalue weighted by molar-refractivity contribution is -0.119. The van der Waals surface area contributed by atoms with E-state index >= 15 is 0 Å². The van der Waals surface area contributed by atoms with Gasteiger partial charge in [-0.2, -0.15) is 0 Å². The molecule has 1 saturated heterocycles. The highest BCUT2D eigenvalue weighted by atomic mass is 16.6. The van der Waals surface area contributed by atoms with Gasteiger partial charge in [0.05, 0.1) is 30.5 Å². The lowest BCUT2D eigenvalue weighted by Gasteiger charge is -2.33. The summed E-state index contributed by atoms with van der Waals surface area (Å²) in [6, 6.07) is 4.59. The molecular formula is C16H19N3O6. The van der Waals surface area contributed by atoms with Gasteiger partial charge in [0.2, 0.25) is 5.91 Å². The maximum Gasteiger partial charge on any atom is 0.414 e. The minimum Gasteiger partial charge on any atom is -0.489 e. The number of carbonyl (C=O) groups is 3. The minimum absolute atomic E-state index is 0.195. The molecule has 2 atom stereocenters. The topological polar surface area (TPSA) is 108 Å². The number of hydrogen-bond acceptors (Lipinski definition) is 5. The molecule has 9 nitrogen and oxygen atoms in total. The van der Waals surface area contributed by atoms with Crippen molar-refractivity contribution in [1.82, 2.24) is 5.32 Å². The first-order chi connectivity index (χ1) is 11.9. The predicted molar refractivity (Wildman–Crippen MR) is 88.2 cm³/mol. The van der Waals surface area contributed by atoms with E-state index in [1.54, 1.807) is 25.1 Å². The van der Waals surface area contributed by atoms with Gasteiger partial charge in [-0.05, 0) is 19.1 Å². The Morgan fingerprint density at radius 2 is 2.16 bits per heavy atom. The van der Waals surface area contributed by atoms with Gasteiger partial charge in [-0.1, -0.05) is 0 Å². The number of anilines is 2. The molecule has 25 heavy (non-hydrogen) atoms. The van der Waals surface area contributed by atoms with Crippen LogP contribution in [0, 0.1) is 0 Å². The van der Waals surface area contributed by atoms with Crippen LogP contribution < -0.4 is 19.9 Å². The number of benzene rings is 1. The third kappa shape index (κ3) is 3.30. The third-order valence-electron chi connectivity index (χ3n) is 4.09. The van der Waals surface area contributed by atoms with E-state index < -0.39 is 18.3 Å². The molecule has 2 aliphatic rings. The number of carboxylic acid groups (broad SMARTS) is 1. The predicted octanol–water partition coefficient (Wildman–Crippen LogP) is 1.41. The van der Waals surface area contributed by atoms with Crippen molar-refractivity contribution in [2.75, 3.05) is 29.5 Å². The molecule has 3 rings (SSSR count). The van der Waals surface area contributed by atoms with Crippen molar-refractivity contribution in [2.45, 2.75) is 26.0 Å². The van der Waals surface area contributed by atoms with Gasteiger partial charge in [-0.15, -0.1) is 0 Å². The van der Waals surface area contributed by atoms with E-state index in [0.717, 1.165) is 0 Å². The first-order valence-corrected chi connectivity index (χ1v) is 7.88. The average Bonchev–Trinajstić information content (AvgIpc) is 2.93. The summed E-state index contributed by atoms with van der Waals surface area (Å²) in [6.45, 7) is 3.92. The van der Waals surface area contributed by atoms with Crippen LogP contribution in [0.3, 0.4) is 0 Å². The van der Waals surface area contributed by atoms with Gasteiger partial charge in [-0.3, -0.25) is 14.6 Å². The van der Waals surface area contributed by atoms with Gasteiger partial charge >= 0.3 is 12.2 Å². The van der Waals surface area contributed by atoms with Crippen LogP contribution in [-0.4, -0.2) is 55.0 Å². The number of nitrogens with one attached hydrogen (secondary N) is 1. The van der Waals surface area contributed by atoms with Crippen LogP contribution in [0.25, 0.3) is 0 Å². The number of rotatable bonds is 3. The normalized spacial score (nSPS) is 22.1. The van der Waals surface area contributed by atoms with E-state index in [-0.39, 0.29) is 31.6 Å². The van der Waals surface area contributed by atoms with Gasteiger partial charge in [-0.25, -0.2) is 9.59 Å². The van der Waals surface area contributed by atoms with Crippen molar-refractivity contribution in [3.05, 3.63) is 18.2 Å². The smallest absolute Gasteiger partial charge is 0.414 e. The quantitative estimate of drug-likeness (QED) is 0.854. The Kier molecular flexibility index (Phi) is 4.39. The molecule has 1 aromatic carbocycles. The average molecular weight is 349 g/mol. The molecule has 0 spiro atoms. The second-order valence-electron chi connectivity index (χ2n) is 6.02. The zero-order valence-corrected chi connectivity index (χ0v) is 13.9. The third-order valence-corrected chi connectivity index (χ3v) is 4.09. The zero-order chi connectivity index (χ0) is 18.1. The molecule has 0 aliphatic carbocycles. The Balaban J connectivity index is 1.79. The summed E-state index contributed by atoms with van der Waals surface area (Å²) < 4.78 is 10.8. The number of cyclic esters (lactones) is 1. The molecule has 1 fully saturated rings. The molecule has 134 valence electrons. The van der Waals surface area contributed by atoms with Crippen LogP contribution in [0.2, 0.25) is 0 Å². The van der Waals surface area contributed by atoms with Crippen LogP contribution in [0.4, 0.5) is 21.0 Å². The lowest BCUT2D eigenvalue weighted by Crippen LogP contribution is -2.44. The standard InChI is InChI=1S/C16H19N3O6/c1-9-8-24-14-5-11(3-4-13(14)19(9)15(21)22)18-7-12(25-16(18)23)6-17-10(2)20/h3-5,9,12H,6-8H2,1-2H3,(H,17,20)(H,21,22)/t9-,12+/m1/s1. The van der Waals surface area contributed by atoms with Crippen molar-refractivity contribution >= 4 is 29.5 Å². The van der Waals surface area contributed by atoms with Crippen molar-refractivity contribution in [3.63, 3.8) is 0 Å². The SMILES string of the molecule is CC(=O)NC[C@H]1CN(c2ccc3c(c2)OC[C@@H](C)N3C(=O)O)C(=O)O1. The van der Waals surface area contributed by atoms with Gasteiger partial charge in [0.1, 0.15) is 18.5 Å². The summed E-state index contributed by atoms with van der Waals surface area (Å²) in [5, 5.41) is 12.0. The monoisotopic (exact) mass is 349 g/mol. The maximum atomic E-state index is 12.1. The van der Waals surface area contributed by atoms with E-state index in [1.807, 2.05) is 0 Å². The number of fused-ring (bicyclic) bond motifs is 1. The van der Waals surface area contributed by atoms with Crippen LogP contribution in [0.1, 0.15) is 13.8 Å². The summed E-state index contributed by atoms with van der Waals surface area (Å²) in [5.41, 5.74) is 0.992. The summed E-state index contributed by atoms with van der Waals surface area (Å²) in [7, 11) is 0. The highest BCUT2D eigenvalue weighted by molar-refractivity contribution is 5.93. The molecule has 0 saturated carbocycles. The second-order valence-corrected chi connectivity index (χ2v) is 6.02. The molecule has 0 aromatic heterocycles. The highest BCUT2D eigenvalue weighted by Gasteiger charge is 2.34. The number of carbonyl (C=O) groups excluding carboxylic acids is 2. The number of amides is 3. The fraction of sp³-hybridized carbons (Fsp3) is 0.438. The molecule has 3 amide bonds. The van der Waals surface area contributed by atoms with E-state index in [4.69, 9.17) is 9.47 Å². The Morgan fingerprint density at radius 3 is 2.84 bits per heavy atom. The van der Waals surface area contributed by atoms with Gasteiger partial charge in [0.25, 0.3) is 0 Å². The van der Waals surface area contributed by atoms with Crippen LogP contribution in [0.15, 0.2) is 18.2 Å². The lowest BCUT2D eigenvalue weighted by atomic mass is 10.1. The fourth-order valence-electron chi connectivity index (χ4n) is 2.90. The second kappa shape index (κ2) is 6.50. The molecule has 0 unspecified atom stereocenters. The highest BCUT2D eigenvalue weighted by Crippen LogP contribution is 2.38. The first kappa shape index (κ1) is 16.9. The van der Waals surface area contributed by atoms with E-state index in [1.165, 1.54) is 16.7 Å². The fourth-order valence-corrected chi connectivity index (χ4v) is 2.90. The molecule has 2 N–H and O–H groups in total. The maximum absolute atomic E-state index is 12.1. The Morgan fingerprint density at radius 1 is 1.40 bits per heavy atom. The molecular weight excluding hydrogens is 330 g/mol. The number of ether oxygens (including phenoxy) is 2. The van der Waals surface area contributed by atoms with Crippen LogP contribution >= 0.6 is 0 Å². The van der Waals surface area contributed by atoms with Crippen molar-refractivity contribution in [3.8, 4) is 5.75 Å². The summed E-state index contributed by atoms with van der Waals surface area (Å²) in [4.78, 5) is 37.2. The molecule has 0 bridgehead atoms.